The van der Waals surface area contributed by atoms with Crippen molar-refractivity contribution in [2.75, 3.05) is 31.9 Å². The second-order valence-electron chi connectivity index (χ2n) is 12.6. The number of hydrogen-bond donors (Lipinski definition) is 7. The largest absolute Gasteiger partial charge is 0.457 e. The summed E-state index contributed by atoms with van der Waals surface area (Å²) in [6.07, 6.45) is 0. The first kappa shape index (κ1) is 37.8. The molecule has 292 valence electrons. The van der Waals surface area contributed by atoms with Gasteiger partial charge in [-0.25, -0.2) is 0 Å². The van der Waals surface area contributed by atoms with E-state index in [0.29, 0.717) is 40.7 Å². The molecule has 0 fully saturated rings. The lowest BCUT2D eigenvalue weighted by Crippen LogP contribution is -2.07. The van der Waals surface area contributed by atoms with Crippen LogP contribution in [0.1, 0.15) is 0 Å². The van der Waals surface area contributed by atoms with E-state index in [9.17, 15) is 13.0 Å². The third-order valence-corrected chi connectivity index (χ3v) is 9.05. The van der Waals surface area contributed by atoms with E-state index in [1.807, 2.05) is 127 Å². The van der Waals surface area contributed by atoms with E-state index in [4.69, 9.17) is 4.74 Å². The molecule has 0 aliphatic heterocycles. The van der Waals surface area contributed by atoms with E-state index < -0.39 is 10.1 Å². The topological polar surface area (TPSA) is 213 Å². The van der Waals surface area contributed by atoms with Crippen molar-refractivity contribution in [3.8, 4) is 11.5 Å². The lowest BCUT2D eigenvalue weighted by Gasteiger charge is -2.13. The van der Waals surface area contributed by atoms with E-state index in [-0.39, 0.29) is 22.7 Å². The van der Waals surface area contributed by atoms with Crippen molar-refractivity contribution in [2.45, 2.75) is 4.90 Å². The predicted octanol–water partition coefficient (Wildman–Crippen LogP) is 9.56. The molecule has 0 saturated carbocycles. The minimum Gasteiger partial charge on any atom is -0.457 e. The number of hydrogen-bond acceptors (Lipinski definition) is 15. The van der Waals surface area contributed by atoms with Crippen LogP contribution >= 0.6 is 0 Å². The van der Waals surface area contributed by atoms with Crippen LogP contribution in [-0.4, -0.2) is 42.9 Å². The molecule has 7 N–H and O–H groups in total. The summed E-state index contributed by atoms with van der Waals surface area (Å²) in [5.74, 6) is 2.81. The molecular formula is C42H34N12O4S. The van der Waals surface area contributed by atoms with Crippen molar-refractivity contribution < 1.29 is 17.7 Å². The van der Waals surface area contributed by atoms with E-state index >= 15 is 0 Å². The number of ether oxygens (including phenoxy) is 1. The maximum absolute atomic E-state index is 11.7. The zero-order chi connectivity index (χ0) is 40.4. The summed E-state index contributed by atoms with van der Waals surface area (Å²) in [7, 11) is -4.41. The first-order valence-electron chi connectivity index (χ1n) is 18.0. The summed E-state index contributed by atoms with van der Waals surface area (Å²) in [4.78, 5) is 26.9. The summed E-state index contributed by atoms with van der Waals surface area (Å²) in [5.41, 5.74) is 4.15. The van der Waals surface area contributed by atoms with Crippen LogP contribution in [-0.2, 0) is 10.1 Å². The molecule has 6 aromatic carbocycles. The second kappa shape index (κ2) is 17.3. The number of anilines is 12. The highest BCUT2D eigenvalue weighted by Crippen LogP contribution is 2.28. The first-order chi connectivity index (χ1) is 28.8. The Hall–Kier alpha value is -8.15. The van der Waals surface area contributed by atoms with Gasteiger partial charge in [0.25, 0.3) is 10.1 Å². The van der Waals surface area contributed by atoms with Crippen LogP contribution < -0.4 is 36.6 Å². The fraction of sp³-hybridized carbons (Fsp3) is 0. The molecule has 2 aromatic heterocycles. The third kappa shape index (κ3) is 10.6. The van der Waals surface area contributed by atoms with Gasteiger partial charge < -0.3 is 36.6 Å². The fourth-order valence-corrected chi connectivity index (χ4v) is 6.04. The van der Waals surface area contributed by atoms with Gasteiger partial charge >= 0.3 is 0 Å². The average Bonchev–Trinajstić information content (AvgIpc) is 3.23. The smallest absolute Gasteiger partial charge is 0.294 e. The quantitative estimate of drug-likeness (QED) is 0.0481. The molecule has 16 nitrogen and oxygen atoms in total. The number of nitrogens with zero attached hydrogens (tertiary/aromatic N) is 6. The van der Waals surface area contributed by atoms with Gasteiger partial charge in [-0.2, -0.15) is 38.3 Å². The van der Waals surface area contributed by atoms with Crippen molar-refractivity contribution in [3.63, 3.8) is 0 Å². The SMILES string of the molecule is O=S(=O)(O)c1cccc(Nc2nc(Nc3ccccc3)nc(Nc3ccc(Oc4ccc(Nc5nc(Nc6ccccc6)nc(Nc6ccccc6)n5)cc4)cc3)n2)c1. The zero-order valence-electron chi connectivity index (χ0n) is 30.9. The Kier molecular flexibility index (Phi) is 11.1. The summed E-state index contributed by atoms with van der Waals surface area (Å²) in [6.45, 7) is 0. The van der Waals surface area contributed by atoms with Gasteiger partial charge in [0.05, 0.1) is 4.90 Å². The van der Waals surface area contributed by atoms with Crippen LogP contribution in [0.3, 0.4) is 0 Å². The Morgan fingerprint density at radius 2 is 0.644 bits per heavy atom. The van der Waals surface area contributed by atoms with Gasteiger partial charge in [0, 0.05) is 34.1 Å². The van der Waals surface area contributed by atoms with Crippen LogP contribution in [0, 0.1) is 0 Å². The summed E-state index contributed by atoms with van der Waals surface area (Å²) in [5, 5.41) is 19.0. The van der Waals surface area contributed by atoms with E-state index in [1.54, 1.807) is 18.2 Å². The molecule has 0 aliphatic rings. The Labute approximate surface area is 338 Å². The first-order valence-corrected chi connectivity index (χ1v) is 19.4. The number of benzene rings is 6. The van der Waals surface area contributed by atoms with Crippen LogP contribution in [0.25, 0.3) is 0 Å². The highest BCUT2D eigenvalue weighted by molar-refractivity contribution is 7.85. The summed E-state index contributed by atoms with van der Waals surface area (Å²) < 4.78 is 39.0. The molecule has 0 atom stereocenters. The maximum Gasteiger partial charge on any atom is 0.294 e. The minimum atomic E-state index is -4.41. The molecule has 0 bridgehead atoms. The van der Waals surface area contributed by atoms with Gasteiger partial charge in [-0.1, -0.05) is 60.7 Å². The highest BCUT2D eigenvalue weighted by atomic mass is 32.2. The van der Waals surface area contributed by atoms with Crippen molar-refractivity contribution in [1.29, 1.82) is 0 Å². The van der Waals surface area contributed by atoms with Crippen molar-refractivity contribution in [2.24, 2.45) is 0 Å². The normalized spacial score (nSPS) is 10.9. The third-order valence-electron chi connectivity index (χ3n) is 8.21. The Morgan fingerprint density at radius 1 is 0.356 bits per heavy atom. The number of para-hydroxylation sites is 3. The van der Waals surface area contributed by atoms with Crippen LogP contribution in [0.2, 0.25) is 0 Å². The Balaban J connectivity index is 0.945. The molecule has 2 heterocycles. The van der Waals surface area contributed by atoms with Gasteiger partial charge in [-0.05, 0) is 103 Å². The molecule has 0 radical (unpaired) electrons. The second-order valence-corrected chi connectivity index (χ2v) is 14.0. The zero-order valence-corrected chi connectivity index (χ0v) is 31.7. The molecule has 0 amide bonds. The lowest BCUT2D eigenvalue weighted by atomic mass is 10.3. The van der Waals surface area contributed by atoms with Crippen LogP contribution in [0.5, 0.6) is 11.5 Å². The van der Waals surface area contributed by atoms with Gasteiger partial charge in [0.2, 0.25) is 35.7 Å². The van der Waals surface area contributed by atoms with Crippen LogP contribution in [0.4, 0.5) is 69.8 Å². The monoisotopic (exact) mass is 802 g/mol. The van der Waals surface area contributed by atoms with Gasteiger partial charge in [-0.3, -0.25) is 4.55 Å². The molecule has 59 heavy (non-hydrogen) atoms. The molecule has 0 unspecified atom stereocenters. The predicted molar refractivity (Wildman–Crippen MR) is 228 cm³/mol. The Bertz CT molecular complexity index is 2710. The molecule has 8 rings (SSSR count). The number of aromatic nitrogens is 6. The number of rotatable bonds is 15. The van der Waals surface area contributed by atoms with E-state index in [0.717, 1.165) is 22.7 Å². The van der Waals surface area contributed by atoms with Crippen molar-refractivity contribution in [3.05, 3.63) is 164 Å². The lowest BCUT2D eigenvalue weighted by molar-refractivity contribution is 0.482. The van der Waals surface area contributed by atoms with Crippen LogP contribution in [0.15, 0.2) is 169 Å². The number of nitrogens with one attached hydrogen (secondary N) is 6. The molecule has 8 aromatic rings. The van der Waals surface area contributed by atoms with Gasteiger partial charge in [0.1, 0.15) is 11.5 Å². The Morgan fingerprint density at radius 3 is 0.966 bits per heavy atom. The summed E-state index contributed by atoms with van der Waals surface area (Å²) in [6, 6.07) is 48.9. The van der Waals surface area contributed by atoms with Crippen molar-refractivity contribution >= 4 is 79.9 Å². The molecule has 17 heteroatoms. The van der Waals surface area contributed by atoms with Gasteiger partial charge in [-0.15, -0.1) is 0 Å². The average molecular weight is 803 g/mol. The van der Waals surface area contributed by atoms with Crippen molar-refractivity contribution in [1.82, 2.24) is 29.9 Å². The van der Waals surface area contributed by atoms with E-state index in [1.165, 1.54) is 18.2 Å². The molecule has 0 saturated heterocycles. The highest BCUT2D eigenvalue weighted by Gasteiger charge is 2.13. The standard InChI is InChI=1S/C42H34N12O4S/c55-59(56,57)36-18-10-17-33(27-36)48-42-53-39(45-30-15-8-3-9-16-30)52-41(54-42)47-32-21-25-35(26-22-32)58-34-23-19-31(20-24-34)46-40-50-37(43-28-11-4-1-5-12-28)49-38(51-40)44-29-13-6-2-7-14-29/h1-27H,(H,55,56,57)(H3,43,44,46,49,50,51)(H3,45,47,48,52,53,54). The molecule has 0 aliphatic carbocycles. The molecular weight excluding hydrogens is 769 g/mol. The minimum absolute atomic E-state index is 0.121. The van der Waals surface area contributed by atoms with Gasteiger partial charge in [0.15, 0.2) is 0 Å². The summed E-state index contributed by atoms with van der Waals surface area (Å²) >= 11 is 0. The maximum atomic E-state index is 11.7. The van der Waals surface area contributed by atoms with E-state index in [2.05, 4.69) is 61.8 Å². The molecule has 0 spiro atoms. The fourth-order valence-electron chi connectivity index (χ4n) is 5.51.